The van der Waals surface area contributed by atoms with Gasteiger partial charge >= 0.3 is 0 Å². The number of terminal acetylenes is 1. The Hall–Kier alpha value is -1.65. The van der Waals surface area contributed by atoms with Crippen molar-refractivity contribution < 1.29 is 4.59 Å². The average Bonchev–Trinajstić information content (AvgIpc) is 1.87. The van der Waals surface area contributed by atoms with Gasteiger partial charge in [-0.25, -0.2) is 4.59 Å². The molecular formula is C7H11N5. The first kappa shape index (κ1) is 13.0. The Morgan fingerprint density at radius 1 is 1.67 bits per heavy atom. The molecule has 0 radical (unpaired) electrons. The van der Waals surface area contributed by atoms with Gasteiger partial charge in [0.25, 0.3) is 0 Å². The number of nitriles is 1. The largest absolute Gasteiger partial charge is 0.422 e. The van der Waals surface area contributed by atoms with Crippen molar-refractivity contribution in [2.75, 3.05) is 20.6 Å². The number of aliphatic imine (C=N–C) groups is 1. The number of nitrogens with zero attached hydrogens (tertiary/aromatic N) is 4. The number of hydrogen-bond donors (Lipinski definition) is 1. The van der Waals surface area contributed by atoms with E-state index in [1.807, 2.05) is 14.1 Å². The summed E-state index contributed by atoms with van der Waals surface area (Å²) in [6.45, 7) is 0.583. The second-order valence-corrected chi connectivity index (χ2v) is 2.45. The summed E-state index contributed by atoms with van der Waals surface area (Å²) < 4.78 is 0.358. The minimum absolute atomic E-state index is 0.358. The van der Waals surface area contributed by atoms with E-state index in [1.54, 1.807) is 0 Å². The minimum atomic E-state index is 0.358. The van der Waals surface area contributed by atoms with Gasteiger partial charge in [0.1, 0.15) is 0 Å². The molecule has 12 heavy (non-hydrogen) atoms. The van der Waals surface area contributed by atoms with E-state index in [2.05, 4.69) is 10.9 Å². The van der Waals surface area contributed by atoms with Crippen LogP contribution in [0.2, 0.25) is 0 Å². The molecule has 0 amide bonds. The quantitative estimate of drug-likeness (QED) is 0.145. The van der Waals surface area contributed by atoms with Crippen LogP contribution in [0.4, 0.5) is 0 Å². The van der Waals surface area contributed by atoms with E-state index in [1.165, 1.54) is 12.2 Å². The van der Waals surface area contributed by atoms with Gasteiger partial charge in [-0.2, -0.15) is 11.1 Å². The van der Waals surface area contributed by atoms with E-state index < -0.39 is 0 Å². The molecule has 0 spiro atoms. The summed E-state index contributed by atoms with van der Waals surface area (Å²) >= 11 is 0. The third-order valence-electron chi connectivity index (χ3n) is 0.599. The summed E-state index contributed by atoms with van der Waals surface area (Å²) in [5.41, 5.74) is 0. The van der Waals surface area contributed by atoms with E-state index in [0.29, 0.717) is 11.1 Å². The maximum Gasteiger partial charge on any atom is 0.157 e. The predicted molar refractivity (Wildman–Crippen MR) is 46.4 cm³/mol. The smallest absolute Gasteiger partial charge is 0.157 e. The van der Waals surface area contributed by atoms with Gasteiger partial charge in [0.05, 0.1) is 20.3 Å². The molecule has 0 rings (SSSR count). The van der Waals surface area contributed by atoms with Crippen molar-refractivity contribution in [3.8, 4) is 18.5 Å². The van der Waals surface area contributed by atoms with Gasteiger partial charge in [0, 0.05) is 0 Å². The van der Waals surface area contributed by atoms with Gasteiger partial charge in [-0.15, -0.1) is 12.4 Å². The molecular weight excluding hydrogens is 154 g/mol. The second kappa shape index (κ2) is 7.46. The number of hydrogen-bond acceptors (Lipinski definition) is 3. The van der Waals surface area contributed by atoms with Crippen LogP contribution in [0.5, 0.6) is 0 Å². The fourth-order valence-electron chi connectivity index (χ4n) is 0.258. The highest BCUT2D eigenvalue weighted by atomic mass is 15.5. The topological polar surface area (TPSA) is 84.5 Å². The Kier molecular flexibility index (Phi) is 8.06. The molecule has 0 atom stereocenters. The summed E-state index contributed by atoms with van der Waals surface area (Å²) in [6, 6.07) is 1.28. The van der Waals surface area contributed by atoms with E-state index in [9.17, 15) is 0 Å². The minimum Gasteiger partial charge on any atom is -0.422 e. The molecule has 0 aliphatic carbocycles. The highest BCUT2D eigenvalue weighted by Gasteiger charge is 2.01. The highest BCUT2D eigenvalue weighted by Crippen LogP contribution is 1.78. The summed E-state index contributed by atoms with van der Waals surface area (Å²) in [5, 5.41) is 14.9. The van der Waals surface area contributed by atoms with E-state index >= 15 is 0 Å². The van der Waals surface area contributed by atoms with Crippen molar-refractivity contribution in [2.24, 2.45) is 10.8 Å². The predicted octanol–water partition coefficient (Wildman–Crippen LogP) is -0.220. The number of quaternary nitrogens is 1. The standard InChI is InChI=1S/C5H11N2.C2N3/c1-4-5-7(2,3)6;3-1-5-2-4/h1H,5-6H2,2-3H3;/q+1;-1. The molecule has 5 nitrogen and oxygen atoms in total. The van der Waals surface area contributed by atoms with Crippen molar-refractivity contribution >= 4 is 6.01 Å². The van der Waals surface area contributed by atoms with Crippen LogP contribution in [0.25, 0.3) is 5.41 Å². The van der Waals surface area contributed by atoms with Crippen molar-refractivity contribution in [1.82, 2.24) is 0 Å². The van der Waals surface area contributed by atoms with E-state index in [4.69, 9.17) is 22.9 Å². The molecule has 0 heterocycles. The molecule has 2 N–H and O–H groups in total. The summed E-state index contributed by atoms with van der Waals surface area (Å²) in [7, 11) is 3.69. The number of nitrogens with two attached hydrogens (primary N) is 1. The van der Waals surface area contributed by atoms with Gasteiger partial charge < -0.3 is 10.4 Å². The highest BCUT2D eigenvalue weighted by molar-refractivity contribution is 5.46. The zero-order chi connectivity index (χ0) is 10.0. The number of rotatable bonds is 1. The van der Waals surface area contributed by atoms with Crippen LogP contribution in [0.1, 0.15) is 0 Å². The first-order valence-electron chi connectivity index (χ1n) is 3.01. The van der Waals surface area contributed by atoms with Gasteiger partial charge in [-0.05, 0) is 5.92 Å². The zero-order valence-electron chi connectivity index (χ0n) is 7.15. The van der Waals surface area contributed by atoms with Gasteiger partial charge in [0.15, 0.2) is 6.54 Å². The van der Waals surface area contributed by atoms with E-state index in [0.717, 1.165) is 0 Å². The molecule has 0 aromatic carbocycles. The molecule has 0 bridgehead atoms. The van der Waals surface area contributed by atoms with Crippen LogP contribution < -0.4 is 5.84 Å². The first-order chi connectivity index (χ1) is 5.47. The molecule has 0 fully saturated rings. The molecule has 5 heteroatoms. The molecule has 0 aliphatic rings. The summed E-state index contributed by atoms with van der Waals surface area (Å²) in [6.07, 6.45) is 6.25. The lowest BCUT2D eigenvalue weighted by molar-refractivity contribution is -0.895. The lowest BCUT2D eigenvalue weighted by atomic mass is 10.6. The van der Waals surface area contributed by atoms with Crippen LogP contribution in [-0.4, -0.2) is 31.2 Å². The Labute approximate surface area is 72.2 Å². The zero-order valence-corrected chi connectivity index (χ0v) is 7.15. The van der Waals surface area contributed by atoms with Gasteiger partial charge in [0.2, 0.25) is 0 Å². The normalized spacial score (nSPS) is 7.75. The van der Waals surface area contributed by atoms with Crippen LogP contribution in [0.15, 0.2) is 4.99 Å². The molecule has 0 saturated carbocycles. The van der Waals surface area contributed by atoms with Crippen molar-refractivity contribution in [3.05, 3.63) is 5.41 Å². The fourth-order valence-corrected chi connectivity index (χ4v) is 0.258. The third kappa shape index (κ3) is 23.8. The van der Waals surface area contributed by atoms with Crippen LogP contribution in [0, 0.1) is 23.8 Å². The van der Waals surface area contributed by atoms with Crippen molar-refractivity contribution in [2.45, 2.75) is 0 Å². The Morgan fingerprint density at radius 2 is 2.17 bits per heavy atom. The maximum absolute atomic E-state index is 7.43. The maximum atomic E-state index is 7.43. The molecule has 64 valence electrons. The third-order valence-corrected chi connectivity index (χ3v) is 0.599. The van der Waals surface area contributed by atoms with Crippen LogP contribution >= 0.6 is 0 Å². The lowest BCUT2D eigenvalue weighted by Gasteiger charge is -2.17. The molecule has 0 aliphatic heterocycles. The van der Waals surface area contributed by atoms with Gasteiger partial charge in [-0.3, -0.25) is 0 Å². The molecule has 0 unspecified atom stereocenters. The van der Waals surface area contributed by atoms with Crippen LogP contribution in [-0.2, 0) is 0 Å². The average molecular weight is 165 g/mol. The van der Waals surface area contributed by atoms with Crippen molar-refractivity contribution in [3.63, 3.8) is 0 Å². The second-order valence-electron chi connectivity index (χ2n) is 2.45. The molecule has 0 aromatic rings. The summed E-state index contributed by atoms with van der Waals surface area (Å²) in [5.74, 6) is 7.90. The monoisotopic (exact) mass is 165 g/mol. The Balaban J connectivity index is 0. The van der Waals surface area contributed by atoms with Crippen molar-refractivity contribution in [1.29, 1.82) is 5.26 Å². The molecule has 0 saturated heterocycles. The van der Waals surface area contributed by atoms with E-state index in [-0.39, 0.29) is 0 Å². The first-order valence-corrected chi connectivity index (χ1v) is 3.01. The van der Waals surface area contributed by atoms with Gasteiger partial charge in [-0.1, -0.05) is 0 Å². The Bertz CT molecular complexity index is 230. The lowest BCUT2D eigenvalue weighted by Crippen LogP contribution is -2.46. The summed E-state index contributed by atoms with van der Waals surface area (Å²) in [4.78, 5) is 2.58. The fraction of sp³-hybridized carbons (Fsp3) is 0.429. The molecule has 0 aromatic heterocycles. The SMILES string of the molecule is C#CC[N+](C)(C)N.N#CN=C=[N-]. The Morgan fingerprint density at radius 3 is 2.17 bits per heavy atom. The van der Waals surface area contributed by atoms with Crippen LogP contribution in [0.3, 0.4) is 0 Å².